The fourth-order valence-corrected chi connectivity index (χ4v) is 2.32. The minimum atomic E-state index is -2.93. The van der Waals surface area contributed by atoms with Gasteiger partial charge in [-0.3, -0.25) is 9.59 Å². The van der Waals surface area contributed by atoms with Gasteiger partial charge in [-0.2, -0.15) is 13.9 Å². The van der Waals surface area contributed by atoms with Crippen molar-refractivity contribution in [2.45, 2.75) is 13.5 Å². The second kappa shape index (κ2) is 7.77. The number of halogens is 2. The first-order valence-corrected chi connectivity index (χ1v) is 7.95. The Kier molecular flexibility index (Phi) is 5.25. The van der Waals surface area contributed by atoms with Gasteiger partial charge in [-0.1, -0.05) is 17.7 Å². The monoisotopic (exact) mass is 371 g/mol. The Morgan fingerprint density at radius 1 is 1.07 bits per heavy atom. The molecule has 0 aliphatic rings. The molecule has 1 N–H and O–H groups in total. The van der Waals surface area contributed by atoms with Gasteiger partial charge in [0.25, 0.3) is 5.91 Å². The van der Waals surface area contributed by atoms with Crippen LogP contribution in [0, 0.1) is 6.92 Å². The summed E-state index contributed by atoms with van der Waals surface area (Å²) in [6.07, 6.45) is 1.47. The summed E-state index contributed by atoms with van der Waals surface area (Å²) < 4.78 is 30.0. The van der Waals surface area contributed by atoms with E-state index in [1.54, 1.807) is 0 Å². The van der Waals surface area contributed by atoms with Crippen molar-refractivity contribution < 1.29 is 18.3 Å². The highest BCUT2D eigenvalue weighted by atomic mass is 19.3. The van der Waals surface area contributed by atoms with Gasteiger partial charge in [0.2, 0.25) is 5.43 Å². The summed E-state index contributed by atoms with van der Waals surface area (Å²) >= 11 is 0. The van der Waals surface area contributed by atoms with Gasteiger partial charge in [-0.25, -0.2) is 4.68 Å². The smallest absolute Gasteiger partial charge is 0.387 e. The molecule has 0 saturated heterocycles. The highest BCUT2D eigenvalue weighted by Gasteiger charge is 2.14. The van der Waals surface area contributed by atoms with Crippen LogP contribution in [0.5, 0.6) is 5.75 Å². The van der Waals surface area contributed by atoms with E-state index in [4.69, 9.17) is 0 Å². The molecule has 2 aromatic carbocycles. The van der Waals surface area contributed by atoms with Gasteiger partial charge in [0.1, 0.15) is 5.75 Å². The van der Waals surface area contributed by atoms with Crippen molar-refractivity contribution in [2.75, 3.05) is 5.32 Å². The van der Waals surface area contributed by atoms with E-state index in [1.165, 1.54) is 41.2 Å². The molecule has 0 radical (unpaired) electrons. The number of alkyl halides is 2. The predicted molar refractivity (Wildman–Crippen MR) is 95.6 cm³/mol. The largest absolute Gasteiger partial charge is 0.435 e. The molecule has 1 amide bonds. The van der Waals surface area contributed by atoms with E-state index in [-0.39, 0.29) is 11.4 Å². The number of amides is 1. The topological polar surface area (TPSA) is 73.2 Å². The second-order valence-corrected chi connectivity index (χ2v) is 5.67. The summed E-state index contributed by atoms with van der Waals surface area (Å²) in [5.74, 6) is -0.744. The zero-order valence-electron chi connectivity index (χ0n) is 14.2. The van der Waals surface area contributed by atoms with Crippen LogP contribution in [0.1, 0.15) is 16.1 Å². The lowest BCUT2D eigenvalue weighted by Gasteiger charge is -2.09. The lowest BCUT2D eigenvalue weighted by molar-refractivity contribution is -0.0498. The third-order valence-electron chi connectivity index (χ3n) is 3.66. The predicted octanol–water partition coefficient (Wildman–Crippen LogP) is 3.39. The zero-order chi connectivity index (χ0) is 19.4. The highest BCUT2D eigenvalue weighted by Crippen LogP contribution is 2.18. The molecule has 0 atom stereocenters. The van der Waals surface area contributed by atoms with E-state index in [2.05, 4.69) is 15.2 Å². The number of carbonyl (C=O) groups excluding carboxylic acids is 1. The van der Waals surface area contributed by atoms with Gasteiger partial charge in [-0.05, 0) is 43.3 Å². The molecule has 0 bridgehead atoms. The van der Waals surface area contributed by atoms with Crippen molar-refractivity contribution in [3.63, 3.8) is 0 Å². The quantitative estimate of drug-likeness (QED) is 0.746. The number of aromatic nitrogens is 2. The van der Waals surface area contributed by atoms with Crippen LogP contribution in [0.15, 0.2) is 65.6 Å². The molecule has 1 aromatic heterocycles. The number of rotatable bonds is 5. The number of anilines is 1. The Balaban J connectivity index is 1.81. The van der Waals surface area contributed by atoms with E-state index in [0.717, 1.165) is 5.56 Å². The van der Waals surface area contributed by atoms with E-state index in [0.29, 0.717) is 11.4 Å². The van der Waals surface area contributed by atoms with Crippen LogP contribution in [-0.4, -0.2) is 22.3 Å². The first-order chi connectivity index (χ1) is 12.9. The third kappa shape index (κ3) is 4.55. The van der Waals surface area contributed by atoms with Crippen LogP contribution in [0.3, 0.4) is 0 Å². The van der Waals surface area contributed by atoms with Crippen molar-refractivity contribution in [1.82, 2.24) is 9.78 Å². The molecule has 0 aliphatic heterocycles. The number of nitrogens with one attached hydrogen (secondary N) is 1. The summed E-state index contributed by atoms with van der Waals surface area (Å²) in [5, 5.41) is 6.60. The van der Waals surface area contributed by atoms with Gasteiger partial charge >= 0.3 is 6.61 Å². The van der Waals surface area contributed by atoms with Crippen molar-refractivity contribution in [1.29, 1.82) is 0 Å². The zero-order valence-corrected chi connectivity index (χ0v) is 14.2. The normalized spacial score (nSPS) is 10.7. The van der Waals surface area contributed by atoms with Crippen LogP contribution >= 0.6 is 0 Å². The van der Waals surface area contributed by atoms with Crippen LogP contribution in [0.4, 0.5) is 14.5 Å². The van der Waals surface area contributed by atoms with E-state index in [1.807, 2.05) is 31.2 Å². The lowest BCUT2D eigenvalue weighted by atomic mass is 10.2. The minimum Gasteiger partial charge on any atom is -0.435 e. The molecular weight excluding hydrogens is 356 g/mol. The van der Waals surface area contributed by atoms with E-state index in [9.17, 15) is 18.4 Å². The summed E-state index contributed by atoms with van der Waals surface area (Å²) in [6, 6.07) is 14.0. The van der Waals surface area contributed by atoms with Crippen LogP contribution in [0.25, 0.3) is 5.69 Å². The molecule has 8 heteroatoms. The van der Waals surface area contributed by atoms with E-state index < -0.39 is 17.9 Å². The second-order valence-electron chi connectivity index (χ2n) is 5.67. The summed E-state index contributed by atoms with van der Waals surface area (Å²) in [6.45, 7) is -0.988. The van der Waals surface area contributed by atoms with Gasteiger partial charge in [0, 0.05) is 18.0 Å². The number of nitrogens with zero attached hydrogens (tertiary/aromatic N) is 2. The SMILES string of the molecule is Cc1ccc(-n2ccc(=O)c(C(=O)Nc3ccc(OC(F)F)cc3)n2)cc1. The van der Waals surface area contributed by atoms with Crippen molar-refractivity contribution in [3.8, 4) is 11.4 Å². The molecule has 1 heterocycles. The molecule has 0 unspecified atom stereocenters. The van der Waals surface area contributed by atoms with Crippen molar-refractivity contribution >= 4 is 11.6 Å². The van der Waals surface area contributed by atoms with Crippen LogP contribution in [0.2, 0.25) is 0 Å². The molecule has 3 rings (SSSR count). The van der Waals surface area contributed by atoms with E-state index >= 15 is 0 Å². The Bertz CT molecular complexity index is 1000. The lowest BCUT2D eigenvalue weighted by Crippen LogP contribution is -2.25. The molecule has 27 heavy (non-hydrogen) atoms. The van der Waals surface area contributed by atoms with Gasteiger partial charge in [-0.15, -0.1) is 0 Å². The number of carbonyl (C=O) groups is 1. The first-order valence-electron chi connectivity index (χ1n) is 7.95. The number of aryl methyl sites for hydroxylation is 1. The average molecular weight is 371 g/mol. The van der Waals surface area contributed by atoms with Gasteiger partial charge in [0.15, 0.2) is 5.69 Å². The molecule has 138 valence electrons. The molecule has 0 spiro atoms. The van der Waals surface area contributed by atoms with Crippen LogP contribution in [-0.2, 0) is 0 Å². The molecule has 0 fully saturated rings. The maximum Gasteiger partial charge on any atom is 0.387 e. The Morgan fingerprint density at radius 3 is 2.37 bits per heavy atom. The maximum atomic E-state index is 12.4. The Labute approximate surface area is 153 Å². The molecule has 6 nitrogen and oxygen atoms in total. The molecule has 0 saturated carbocycles. The number of hydrogen-bond acceptors (Lipinski definition) is 4. The standard InChI is InChI=1S/C19H15F2N3O3/c1-12-2-6-14(7-3-12)24-11-10-16(25)17(23-24)18(26)22-13-4-8-15(9-5-13)27-19(20)21/h2-11,19H,1H3,(H,22,26). The average Bonchev–Trinajstić information content (AvgIpc) is 2.64. The van der Waals surface area contributed by atoms with Crippen molar-refractivity contribution in [3.05, 3.63) is 82.3 Å². The molecule has 0 aliphatic carbocycles. The summed E-state index contributed by atoms with van der Waals surface area (Å²) in [4.78, 5) is 24.4. The molecular formula is C19H15F2N3O3. The first kappa shape index (κ1) is 18.2. The summed E-state index contributed by atoms with van der Waals surface area (Å²) in [7, 11) is 0. The number of ether oxygens (including phenoxy) is 1. The van der Waals surface area contributed by atoms with Gasteiger partial charge in [0.05, 0.1) is 5.69 Å². The highest BCUT2D eigenvalue weighted by molar-refractivity contribution is 6.02. The Morgan fingerprint density at radius 2 is 1.74 bits per heavy atom. The number of benzene rings is 2. The van der Waals surface area contributed by atoms with Crippen LogP contribution < -0.4 is 15.5 Å². The minimum absolute atomic E-state index is 0.0393. The third-order valence-corrected chi connectivity index (χ3v) is 3.66. The fraction of sp³-hybridized carbons (Fsp3) is 0.105. The summed E-state index contributed by atoms with van der Waals surface area (Å²) in [5.41, 5.74) is 1.26. The fourth-order valence-electron chi connectivity index (χ4n) is 2.32. The van der Waals surface area contributed by atoms with Gasteiger partial charge < -0.3 is 10.1 Å². The maximum absolute atomic E-state index is 12.4. The van der Waals surface area contributed by atoms with Crippen molar-refractivity contribution in [2.24, 2.45) is 0 Å². The Hall–Kier alpha value is -3.55. The number of hydrogen-bond donors (Lipinski definition) is 1. The molecule has 3 aromatic rings.